The fourth-order valence-electron chi connectivity index (χ4n) is 3.12. The van der Waals surface area contributed by atoms with E-state index in [1.807, 2.05) is 18.2 Å². The van der Waals surface area contributed by atoms with Crippen LogP contribution in [0.3, 0.4) is 0 Å². The van der Waals surface area contributed by atoms with Crippen LogP contribution < -0.4 is 20.3 Å². The number of aliphatic hydroxyl groups excluding tert-OH is 1. The van der Waals surface area contributed by atoms with Crippen molar-refractivity contribution in [3.8, 4) is 5.75 Å². The van der Waals surface area contributed by atoms with E-state index in [4.69, 9.17) is 33.0 Å². The van der Waals surface area contributed by atoms with E-state index in [0.717, 1.165) is 11.3 Å². The third-order valence-electron chi connectivity index (χ3n) is 4.66. The second kappa shape index (κ2) is 9.12. The molecule has 1 aliphatic heterocycles. The van der Waals surface area contributed by atoms with Crippen molar-refractivity contribution < 1.29 is 19.4 Å². The summed E-state index contributed by atoms with van der Waals surface area (Å²) in [7, 11) is 0. The number of anilines is 2. The Bertz CT molecular complexity index is 965. The number of carbonyl (C=O) groups excluding carboxylic acids is 2. The van der Waals surface area contributed by atoms with Crippen molar-refractivity contribution >= 4 is 46.4 Å². The second-order valence-corrected chi connectivity index (χ2v) is 8.18. The maximum Gasteiger partial charge on any atom is 0.270 e. The van der Waals surface area contributed by atoms with Crippen LogP contribution >= 0.6 is 23.2 Å². The second-order valence-electron chi connectivity index (χ2n) is 7.36. The summed E-state index contributed by atoms with van der Waals surface area (Å²) in [6, 6.07) is 10.9. The van der Waals surface area contributed by atoms with Gasteiger partial charge in [-0.25, -0.2) is 0 Å². The highest BCUT2D eigenvalue weighted by Gasteiger charge is 2.40. The Labute approximate surface area is 184 Å². The number of rotatable bonds is 7. The van der Waals surface area contributed by atoms with Crippen LogP contribution in [-0.4, -0.2) is 42.2 Å². The monoisotopic (exact) mass is 451 g/mol. The molecule has 0 saturated heterocycles. The van der Waals surface area contributed by atoms with E-state index >= 15 is 0 Å². The zero-order valence-corrected chi connectivity index (χ0v) is 18.2. The molecule has 3 N–H and O–H groups in total. The molecule has 0 aromatic heterocycles. The Balaban J connectivity index is 1.79. The molecule has 30 heavy (non-hydrogen) atoms. The largest absolute Gasteiger partial charge is 0.476 e. The summed E-state index contributed by atoms with van der Waals surface area (Å²) in [5.41, 5.74) is 1.33. The minimum absolute atomic E-state index is 0.210. The summed E-state index contributed by atoms with van der Waals surface area (Å²) < 4.78 is 5.88. The molecule has 1 aliphatic rings. The Morgan fingerprint density at radius 3 is 2.63 bits per heavy atom. The van der Waals surface area contributed by atoms with Crippen molar-refractivity contribution in [3.05, 3.63) is 52.0 Å². The van der Waals surface area contributed by atoms with Crippen molar-refractivity contribution in [2.24, 2.45) is 0 Å². The number of benzene rings is 2. The number of nitrogens with one attached hydrogen (secondary N) is 2. The van der Waals surface area contributed by atoms with Gasteiger partial charge in [0.15, 0.2) is 5.60 Å². The molecule has 0 bridgehead atoms. The molecular formula is C21H23Cl2N3O4. The molecule has 7 nitrogen and oxygen atoms in total. The van der Waals surface area contributed by atoms with Gasteiger partial charge < -0.3 is 25.4 Å². The number of hydrogen-bond donors (Lipinski definition) is 3. The van der Waals surface area contributed by atoms with Crippen molar-refractivity contribution in [1.82, 2.24) is 5.32 Å². The first-order chi connectivity index (χ1) is 14.2. The quantitative estimate of drug-likeness (QED) is 0.600. The summed E-state index contributed by atoms with van der Waals surface area (Å²) >= 11 is 12.0. The molecule has 1 heterocycles. The average molecular weight is 452 g/mol. The van der Waals surface area contributed by atoms with Crippen LogP contribution in [0.5, 0.6) is 5.75 Å². The maximum atomic E-state index is 12.9. The highest BCUT2D eigenvalue weighted by Crippen LogP contribution is 2.39. The van der Waals surface area contributed by atoms with E-state index in [1.165, 1.54) is 0 Å². The highest BCUT2D eigenvalue weighted by atomic mass is 35.5. The van der Waals surface area contributed by atoms with E-state index in [0.29, 0.717) is 28.0 Å². The zero-order chi connectivity index (χ0) is 21.9. The van der Waals surface area contributed by atoms with Crippen molar-refractivity contribution in [1.29, 1.82) is 0 Å². The molecule has 0 radical (unpaired) electrons. The van der Waals surface area contributed by atoms with Crippen LogP contribution in [0.1, 0.15) is 19.4 Å². The molecule has 2 aromatic rings. The van der Waals surface area contributed by atoms with E-state index < -0.39 is 18.1 Å². The maximum absolute atomic E-state index is 12.9. The standard InChI is InChI=1S/C21H23Cl2N3O4/c1-21(2)20(29)26(8-7-24-19(28)12-27)17-10-14(4-6-18(17)30-21)25-11-13-3-5-15(22)16(23)9-13/h3-6,9-10,25,27H,7-8,11-12H2,1-2H3,(H,24,28). The first-order valence-corrected chi connectivity index (χ1v) is 10.2. The van der Waals surface area contributed by atoms with Crippen LogP contribution in [0, 0.1) is 0 Å². The Hall–Kier alpha value is -2.48. The normalized spacial score (nSPS) is 14.7. The third-order valence-corrected chi connectivity index (χ3v) is 5.40. The van der Waals surface area contributed by atoms with E-state index in [1.54, 1.807) is 36.9 Å². The Morgan fingerprint density at radius 1 is 1.17 bits per heavy atom. The van der Waals surface area contributed by atoms with Gasteiger partial charge in [-0.3, -0.25) is 9.59 Å². The fourth-order valence-corrected chi connectivity index (χ4v) is 3.44. The summed E-state index contributed by atoms with van der Waals surface area (Å²) in [4.78, 5) is 25.8. The van der Waals surface area contributed by atoms with Gasteiger partial charge in [0, 0.05) is 25.3 Å². The molecule has 2 aromatic carbocycles. The van der Waals surface area contributed by atoms with Gasteiger partial charge >= 0.3 is 0 Å². The smallest absolute Gasteiger partial charge is 0.270 e. The molecule has 2 amide bonds. The summed E-state index contributed by atoms with van der Waals surface area (Å²) in [6.07, 6.45) is 0. The highest BCUT2D eigenvalue weighted by molar-refractivity contribution is 6.42. The van der Waals surface area contributed by atoms with Gasteiger partial charge in [0.1, 0.15) is 12.4 Å². The van der Waals surface area contributed by atoms with Crippen LogP contribution in [0.4, 0.5) is 11.4 Å². The summed E-state index contributed by atoms with van der Waals surface area (Å²) in [6.45, 7) is 3.79. The molecule has 0 atom stereocenters. The van der Waals surface area contributed by atoms with E-state index in [2.05, 4.69) is 10.6 Å². The summed E-state index contributed by atoms with van der Waals surface area (Å²) in [5, 5.41) is 15.7. The predicted octanol–water partition coefficient (Wildman–Crippen LogP) is 3.22. The van der Waals surface area contributed by atoms with Crippen LogP contribution in [0.25, 0.3) is 0 Å². The molecule has 0 aliphatic carbocycles. The van der Waals surface area contributed by atoms with Crippen molar-refractivity contribution in [2.75, 3.05) is 29.9 Å². The topological polar surface area (TPSA) is 90.9 Å². The first kappa shape index (κ1) is 22.2. The molecule has 9 heteroatoms. The molecule has 3 rings (SSSR count). The molecule has 0 fully saturated rings. The number of halogens is 2. The number of amides is 2. The zero-order valence-electron chi connectivity index (χ0n) is 16.7. The van der Waals surface area contributed by atoms with E-state index in [9.17, 15) is 9.59 Å². The molecular weight excluding hydrogens is 429 g/mol. The number of carbonyl (C=O) groups is 2. The van der Waals surface area contributed by atoms with Gasteiger partial charge in [-0.05, 0) is 49.7 Å². The SMILES string of the molecule is CC1(C)Oc2ccc(NCc3ccc(Cl)c(Cl)c3)cc2N(CCNC(=O)CO)C1=O. The molecule has 0 spiro atoms. The lowest BCUT2D eigenvalue weighted by atomic mass is 10.0. The number of ether oxygens (including phenoxy) is 1. The van der Waals surface area contributed by atoms with Gasteiger partial charge in [-0.15, -0.1) is 0 Å². The minimum Gasteiger partial charge on any atom is -0.476 e. The average Bonchev–Trinajstić information content (AvgIpc) is 2.71. The Morgan fingerprint density at radius 2 is 1.93 bits per heavy atom. The number of aliphatic hydroxyl groups is 1. The Kier molecular flexibility index (Phi) is 6.75. The van der Waals surface area contributed by atoms with Gasteiger partial charge in [-0.2, -0.15) is 0 Å². The number of nitrogens with zero attached hydrogens (tertiary/aromatic N) is 1. The lowest BCUT2D eigenvalue weighted by Gasteiger charge is -2.39. The summed E-state index contributed by atoms with van der Waals surface area (Å²) in [5.74, 6) is -0.129. The van der Waals surface area contributed by atoms with Gasteiger partial charge in [0.05, 0.1) is 15.7 Å². The van der Waals surface area contributed by atoms with Gasteiger partial charge in [0.25, 0.3) is 5.91 Å². The van der Waals surface area contributed by atoms with Gasteiger partial charge in [-0.1, -0.05) is 29.3 Å². The molecule has 0 saturated carbocycles. The van der Waals surface area contributed by atoms with Crippen molar-refractivity contribution in [2.45, 2.75) is 26.0 Å². The lowest BCUT2D eigenvalue weighted by molar-refractivity contribution is -0.132. The minimum atomic E-state index is -1.02. The van der Waals surface area contributed by atoms with Gasteiger partial charge in [0.2, 0.25) is 5.91 Å². The lowest BCUT2D eigenvalue weighted by Crippen LogP contribution is -2.54. The number of hydrogen-bond acceptors (Lipinski definition) is 5. The third kappa shape index (κ3) is 4.98. The van der Waals surface area contributed by atoms with Crippen LogP contribution in [0.2, 0.25) is 10.0 Å². The van der Waals surface area contributed by atoms with Crippen LogP contribution in [0.15, 0.2) is 36.4 Å². The molecule has 160 valence electrons. The van der Waals surface area contributed by atoms with E-state index in [-0.39, 0.29) is 19.0 Å². The number of fused-ring (bicyclic) bond motifs is 1. The van der Waals surface area contributed by atoms with Crippen molar-refractivity contribution in [3.63, 3.8) is 0 Å². The molecule has 0 unspecified atom stereocenters. The fraction of sp³-hybridized carbons (Fsp3) is 0.333. The first-order valence-electron chi connectivity index (χ1n) is 9.41. The van der Waals surface area contributed by atoms with Crippen LogP contribution in [-0.2, 0) is 16.1 Å². The predicted molar refractivity (Wildman–Crippen MR) is 117 cm³/mol.